The molecule has 110 valence electrons. The largest absolute Gasteiger partial charge is 0.392 e. The summed E-state index contributed by atoms with van der Waals surface area (Å²) in [5.74, 6) is 0. The van der Waals surface area contributed by atoms with Crippen molar-refractivity contribution in [2.75, 3.05) is 12.4 Å². The van der Waals surface area contributed by atoms with Crippen LogP contribution < -0.4 is 5.32 Å². The Labute approximate surface area is 130 Å². The molecule has 1 heterocycles. The normalized spacial score (nSPS) is 11.2. The Morgan fingerprint density at radius 2 is 1.91 bits per heavy atom. The van der Waals surface area contributed by atoms with Crippen molar-refractivity contribution >= 4 is 28.7 Å². The van der Waals surface area contributed by atoms with E-state index in [4.69, 9.17) is 0 Å². The minimum atomic E-state index is 0.0142. The lowest BCUT2D eigenvalue weighted by Crippen LogP contribution is -1.93. The molecule has 0 aliphatic rings. The van der Waals surface area contributed by atoms with Gasteiger partial charge in [0.05, 0.1) is 17.8 Å². The average molecular weight is 290 g/mol. The number of pyridine rings is 1. The molecule has 22 heavy (non-hydrogen) atoms. The Morgan fingerprint density at radius 1 is 1.05 bits per heavy atom. The highest BCUT2D eigenvalue weighted by molar-refractivity contribution is 5.81. The van der Waals surface area contributed by atoms with E-state index in [-0.39, 0.29) is 6.61 Å². The van der Waals surface area contributed by atoms with Crippen LogP contribution in [0.25, 0.3) is 23.1 Å². The monoisotopic (exact) mass is 290 g/mol. The Morgan fingerprint density at radius 3 is 2.73 bits per heavy atom. The van der Waals surface area contributed by atoms with Crippen LogP contribution >= 0.6 is 0 Å². The van der Waals surface area contributed by atoms with Gasteiger partial charge in [-0.3, -0.25) is 0 Å². The van der Waals surface area contributed by atoms with Gasteiger partial charge >= 0.3 is 0 Å². The van der Waals surface area contributed by atoms with Gasteiger partial charge < -0.3 is 10.4 Å². The van der Waals surface area contributed by atoms with Crippen molar-refractivity contribution < 1.29 is 5.11 Å². The van der Waals surface area contributed by atoms with E-state index >= 15 is 0 Å². The summed E-state index contributed by atoms with van der Waals surface area (Å²) in [6.07, 6.45) is 3.96. The summed E-state index contributed by atoms with van der Waals surface area (Å²) in [6.45, 7) is 0.0142. The van der Waals surface area contributed by atoms with Gasteiger partial charge in [-0.2, -0.15) is 0 Å². The van der Waals surface area contributed by atoms with Gasteiger partial charge in [0, 0.05) is 18.1 Å². The van der Waals surface area contributed by atoms with Gasteiger partial charge in [-0.25, -0.2) is 4.98 Å². The zero-order valence-electron chi connectivity index (χ0n) is 12.5. The maximum atomic E-state index is 9.50. The molecule has 0 spiro atoms. The molecule has 0 atom stereocenters. The van der Waals surface area contributed by atoms with Gasteiger partial charge in [0.15, 0.2) is 0 Å². The number of aromatic nitrogens is 1. The highest BCUT2D eigenvalue weighted by Gasteiger charge is 2.00. The second-order valence-corrected chi connectivity index (χ2v) is 5.08. The van der Waals surface area contributed by atoms with E-state index in [1.54, 1.807) is 0 Å². The topological polar surface area (TPSA) is 45.2 Å². The highest BCUT2D eigenvalue weighted by Crippen LogP contribution is 2.19. The van der Waals surface area contributed by atoms with E-state index < -0.39 is 0 Å². The molecule has 0 bridgehead atoms. The molecule has 3 heteroatoms. The molecule has 0 fully saturated rings. The molecule has 1 aromatic heterocycles. The third kappa shape index (κ3) is 3.00. The summed E-state index contributed by atoms with van der Waals surface area (Å²) in [4.78, 5) is 4.62. The van der Waals surface area contributed by atoms with Crippen LogP contribution in [0.1, 0.15) is 16.8 Å². The van der Waals surface area contributed by atoms with E-state index in [1.807, 2.05) is 61.7 Å². The molecule has 0 amide bonds. The fraction of sp³-hybridized carbons (Fsp3) is 0.105. The van der Waals surface area contributed by atoms with E-state index in [0.717, 1.165) is 33.4 Å². The Bertz CT molecular complexity index is 825. The first-order valence-electron chi connectivity index (χ1n) is 7.25. The van der Waals surface area contributed by atoms with Gasteiger partial charge in [-0.15, -0.1) is 0 Å². The molecule has 3 aromatic rings. The molecule has 0 aliphatic heterocycles. The summed E-state index contributed by atoms with van der Waals surface area (Å²) in [7, 11) is 1.87. The van der Waals surface area contributed by atoms with E-state index in [2.05, 4.69) is 22.4 Å². The van der Waals surface area contributed by atoms with Crippen molar-refractivity contribution in [3.8, 4) is 0 Å². The number of nitrogens with one attached hydrogen (secondary N) is 1. The Hall–Kier alpha value is -2.65. The average Bonchev–Trinajstić information content (AvgIpc) is 2.59. The van der Waals surface area contributed by atoms with E-state index in [9.17, 15) is 5.11 Å². The van der Waals surface area contributed by atoms with Crippen LogP contribution in [-0.2, 0) is 6.61 Å². The lowest BCUT2D eigenvalue weighted by Gasteiger charge is -2.06. The van der Waals surface area contributed by atoms with Gasteiger partial charge in [0.2, 0.25) is 0 Å². The number of rotatable bonds is 4. The minimum Gasteiger partial charge on any atom is -0.392 e. The van der Waals surface area contributed by atoms with Crippen LogP contribution in [-0.4, -0.2) is 17.1 Å². The Kier molecular flexibility index (Phi) is 4.17. The van der Waals surface area contributed by atoms with Crippen molar-refractivity contribution in [3.05, 3.63) is 71.4 Å². The van der Waals surface area contributed by atoms with E-state index in [1.165, 1.54) is 0 Å². The van der Waals surface area contributed by atoms with Crippen LogP contribution in [0.3, 0.4) is 0 Å². The number of aliphatic hydroxyl groups is 1. The Balaban J connectivity index is 1.92. The van der Waals surface area contributed by atoms with Crippen molar-refractivity contribution in [2.24, 2.45) is 0 Å². The molecule has 0 saturated heterocycles. The third-order valence-electron chi connectivity index (χ3n) is 3.66. The summed E-state index contributed by atoms with van der Waals surface area (Å²) in [6, 6.07) is 18.1. The number of nitrogens with zero attached hydrogens (tertiary/aromatic N) is 1. The molecule has 2 aromatic carbocycles. The van der Waals surface area contributed by atoms with Crippen molar-refractivity contribution in [3.63, 3.8) is 0 Å². The lowest BCUT2D eigenvalue weighted by molar-refractivity contribution is 0.281. The molecule has 3 nitrogen and oxygen atoms in total. The predicted octanol–water partition coefficient (Wildman–Crippen LogP) is 3.94. The highest BCUT2D eigenvalue weighted by atomic mass is 16.3. The summed E-state index contributed by atoms with van der Waals surface area (Å²) < 4.78 is 0. The number of anilines is 1. The molecule has 0 saturated carbocycles. The number of fused-ring (bicyclic) bond motifs is 1. The molecule has 3 rings (SSSR count). The lowest BCUT2D eigenvalue weighted by atomic mass is 10.1. The standard InChI is InChI=1S/C19H18N2O/c1-20-18-11-7-14(16(12-18)13-22)6-9-17-10-8-15-4-2-3-5-19(15)21-17/h2-12,20,22H,13H2,1H3/b9-6+. The van der Waals surface area contributed by atoms with Crippen molar-refractivity contribution in [1.82, 2.24) is 4.98 Å². The fourth-order valence-corrected chi connectivity index (χ4v) is 2.41. The second-order valence-electron chi connectivity index (χ2n) is 5.08. The van der Waals surface area contributed by atoms with Crippen molar-refractivity contribution in [1.29, 1.82) is 0 Å². The molecule has 0 aliphatic carbocycles. The second kappa shape index (κ2) is 6.41. The van der Waals surface area contributed by atoms with Gasteiger partial charge in [0.25, 0.3) is 0 Å². The van der Waals surface area contributed by atoms with Gasteiger partial charge in [0.1, 0.15) is 0 Å². The molecule has 0 unspecified atom stereocenters. The first-order chi connectivity index (χ1) is 10.8. The smallest absolute Gasteiger partial charge is 0.0709 e. The van der Waals surface area contributed by atoms with Crippen LogP contribution in [0.5, 0.6) is 0 Å². The fourth-order valence-electron chi connectivity index (χ4n) is 2.41. The first-order valence-corrected chi connectivity index (χ1v) is 7.25. The van der Waals surface area contributed by atoms with Crippen LogP contribution in [0.2, 0.25) is 0 Å². The summed E-state index contributed by atoms with van der Waals surface area (Å²) >= 11 is 0. The number of hydrogen-bond acceptors (Lipinski definition) is 3. The SMILES string of the molecule is CNc1ccc(/C=C/c2ccc3ccccc3n2)c(CO)c1. The maximum absolute atomic E-state index is 9.50. The quantitative estimate of drug-likeness (QED) is 0.765. The summed E-state index contributed by atoms with van der Waals surface area (Å²) in [5.41, 5.74) is 4.77. The zero-order chi connectivity index (χ0) is 15.4. The predicted molar refractivity (Wildman–Crippen MR) is 92.6 cm³/mol. The number of para-hydroxylation sites is 1. The van der Waals surface area contributed by atoms with Crippen LogP contribution in [0, 0.1) is 0 Å². The van der Waals surface area contributed by atoms with E-state index in [0.29, 0.717) is 0 Å². The third-order valence-corrected chi connectivity index (χ3v) is 3.66. The minimum absolute atomic E-state index is 0.0142. The first kappa shape index (κ1) is 14.3. The summed E-state index contributed by atoms with van der Waals surface area (Å²) in [5, 5.41) is 13.7. The number of hydrogen-bond donors (Lipinski definition) is 2. The molecular formula is C19H18N2O. The zero-order valence-corrected chi connectivity index (χ0v) is 12.5. The van der Waals surface area contributed by atoms with Gasteiger partial charge in [-0.05, 0) is 41.5 Å². The maximum Gasteiger partial charge on any atom is 0.0709 e. The van der Waals surface area contributed by atoms with Gasteiger partial charge in [-0.1, -0.05) is 36.4 Å². The van der Waals surface area contributed by atoms with Crippen LogP contribution in [0.15, 0.2) is 54.6 Å². The number of benzene rings is 2. The molecule has 0 radical (unpaired) electrons. The van der Waals surface area contributed by atoms with Crippen LogP contribution in [0.4, 0.5) is 5.69 Å². The van der Waals surface area contributed by atoms with Crippen molar-refractivity contribution in [2.45, 2.75) is 6.61 Å². The number of aliphatic hydroxyl groups excluding tert-OH is 1. The molecule has 2 N–H and O–H groups in total. The molecular weight excluding hydrogens is 272 g/mol.